The monoisotopic (exact) mass is 267 g/mol. The van der Waals surface area contributed by atoms with Gasteiger partial charge in [0, 0.05) is 18.6 Å². The summed E-state index contributed by atoms with van der Waals surface area (Å²) in [6, 6.07) is 10.4. The predicted molar refractivity (Wildman–Crippen MR) is 78.2 cm³/mol. The fourth-order valence-corrected chi connectivity index (χ4v) is 2.27. The summed E-state index contributed by atoms with van der Waals surface area (Å²) in [5, 5.41) is 8.63. The fraction of sp³-hybridized carbons (Fsp3) is 0.267. The summed E-state index contributed by atoms with van der Waals surface area (Å²) in [5.74, 6) is 0.945. The van der Waals surface area contributed by atoms with Crippen molar-refractivity contribution in [3.05, 3.63) is 54.2 Å². The Morgan fingerprint density at radius 2 is 2.05 bits per heavy atom. The van der Waals surface area contributed by atoms with Crippen LogP contribution in [0, 0.1) is 0 Å². The SMILES string of the molecule is Cn1ncnc1CNCCc1cccc2cccnc12. The van der Waals surface area contributed by atoms with Crippen molar-refractivity contribution in [3.63, 3.8) is 0 Å². The first-order chi connectivity index (χ1) is 9.84. The smallest absolute Gasteiger partial charge is 0.140 e. The molecule has 0 unspecified atom stereocenters. The number of hydrogen-bond donors (Lipinski definition) is 1. The van der Waals surface area contributed by atoms with Gasteiger partial charge >= 0.3 is 0 Å². The molecule has 0 radical (unpaired) electrons. The molecular formula is C15H17N5. The minimum absolute atomic E-state index is 0.731. The standard InChI is InChI=1S/C15H17N5/c1-20-14(18-11-19-20)10-16-9-7-13-5-2-4-12-6-3-8-17-15(12)13/h2-6,8,11,16H,7,9-10H2,1H3. The van der Waals surface area contributed by atoms with Crippen molar-refractivity contribution in [2.24, 2.45) is 7.05 Å². The number of para-hydroxylation sites is 1. The van der Waals surface area contributed by atoms with Crippen LogP contribution in [-0.2, 0) is 20.0 Å². The molecule has 0 spiro atoms. The molecule has 0 atom stereocenters. The van der Waals surface area contributed by atoms with Crippen LogP contribution in [0.2, 0.25) is 0 Å². The van der Waals surface area contributed by atoms with Crippen molar-refractivity contribution >= 4 is 10.9 Å². The number of pyridine rings is 1. The fourth-order valence-electron chi connectivity index (χ4n) is 2.27. The van der Waals surface area contributed by atoms with E-state index in [0.29, 0.717) is 0 Å². The third kappa shape index (κ3) is 2.67. The van der Waals surface area contributed by atoms with Crippen LogP contribution >= 0.6 is 0 Å². The third-order valence-electron chi connectivity index (χ3n) is 3.38. The van der Waals surface area contributed by atoms with Gasteiger partial charge in [-0.05, 0) is 24.6 Å². The molecule has 5 heteroatoms. The second-order valence-corrected chi connectivity index (χ2v) is 4.72. The van der Waals surface area contributed by atoms with Crippen LogP contribution in [0.15, 0.2) is 42.9 Å². The molecule has 0 aliphatic heterocycles. The van der Waals surface area contributed by atoms with E-state index in [1.807, 2.05) is 19.3 Å². The van der Waals surface area contributed by atoms with Gasteiger partial charge in [0.25, 0.3) is 0 Å². The lowest BCUT2D eigenvalue weighted by Gasteiger charge is -2.07. The highest BCUT2D eigenvalue weighted by Crippen LogP contribution is 2.15. The average Bonchev–Trinajstić information content (AvgIpc) is 2.89. The molecule has 0 saturated carbocycles. The maximum Gasteiger partial charge on any atom is 0.140 e. The van der Waals surface area contributed by atoms with Crippen LogP contribution in [0.5, 0.6) is 0 Å². The van der Waals surface area contributed by atoms with Crippen LogP contribution in [0.4, 0.5) is 0 Å². The van der Waals surface area contributed by atoms with Gasteiger partial charge in [0.2, 0.25) is 0 Å². The van der Waals surface area contributed by atoms with Gasteiger partial charge in [0.05, 0.1) is 12.1 Å². The number of nitrogens with one attached hydrogen (secondary N) is 1. The Bertz CT molecular complexity index is 699. The van der Waals surface area contributed by atoms with E-state index in [-0.39, 0.29) is 0 Å². The topological polar surface area (TPSA) is 55.6 Å². The van der Waals surface area contributed by atoms with Crippen LogP contribution < -0.4 is 5.32 Å². The molecule has 0 aliphatic rings. The van der Waals surface area contributed by atoms with E-state index in [0.717, 1.165) is 30.9 Å². The Kier molecular flexibility index (Phi) is 3.69. The number of hydrogen-bond acceptors (Lipinski definition) is 4. The van der Waals surface area contributed by atoms with Crippen molar-refractivity contribution < 1.29 is 0 Å². The van der Waals surface area contributed by atoms with Gasteiger partial charge in [0.1, 0.15) is 12.2 Å². The lowest BCUT2D eigenvalue weighted by atomic mass is 10.1. The van der Waals surface area contributed by atoms with Crippen LogP contribution in [0.1, 0.15) is 11.4 Å². The summed E-state index contributed by atoms with van der Waals surface area (Å²) in [7, 11) is 1.90. The number of aromatic nitrogens is 4. The molecule has 1 aromatic carbocycles. The first kappa shape index (κ1) is 12.7. The lowest BCUT2D eigenvalue weighted by Crippen LogP contribution is -2.19. The molecule has 0 fully saturated rings. The number of aryl methyl sites for hydroxylation is 1. The van der Waals surface area contributed by atoms with E-state index in [1.165, 1.54) is 10.9 Å². The van der Waals surface area contributed by atoms with E-state index in [9.17, 15) is 0 Å². The number of rotatable bonds is 5. The zero-order valence-corrected chi connectivity index (χ0v) is 11.5. The molecule has 2 heterocycles. The molecule has 3 rings (SSSR count). The highest BCUT2D eigenvalue weighted by atomic mass is 15.3. The van der Waals surface area contributed by atoms with Crippen LogP contribution in [0.25, 0.3) is 10.9 Å². The molecule has 0 aliphatic carbocycles. The van der Waals surface area contributed by atoms with Gasteiger partial charge in [-0.3, -0.25) is 9.67 Å². The summed E-state index contributed by atoms with van der Waals surface area (Å²) in [6.07, 6.45) is 4.37. The molecule has 20 heavy (non-hydrogen) atoms. The maximum atomic E-state index is 4.47. The van der Waals surface area contributed by atoms with Crippen molar-refractivity contribution in [1.29, 1.82) is 0 Å². The summed E-state index contributed by atoms with van der Waals surface area (Å²) in [6.45, 7) is 1.62. The molecule has 3 aromatic rings. The van der Waals surface area contributed by atoms with E-state index < -0.39 is 0 Å². The minimum atomic E-state index is 0.731. The molecule has 0 amide bonds. The Morgan fingerprint density at radius 1 is 1.15 bits per heavy atom. The van der Waals surface area contributed by atoms with E-state index >= 15 is 0 Å². The van der Waals surface area contributed by atoms with Crippen LogP contribution in [0.3, 0.4) is 0 Å². The normalized spacial score (nSPS) is 11.1. The van der Waals surface area contributed by atoms with Crippen molar-refractivity contribution in [2.75, 3.05) is 6.54 Å². The predicted octanol–water partition coefficient (Wildman–Crippen LogP) is 1.70. The Morgan fingerprint density at radius 3 is 2.90 bits per heavy atom. The third-order valence-corrected chi connectivity index (χ3v) is 3.38. The summed E-state index contributed by atoms with van der Waals surface area (Å²) < 4.78 is 1.78. The van der Waals surface area contributed by atoms with Gasteiger partial charge in [-0.25, -0.2) is 4.98 Å². The molecule has 0 saturated heterocycles. The van der Waals surface area contributed by atoms with Crippen molar-refractivity contribution in [1.82, 2.24) is 25.1 Å². The van der Waals surface area contributed by atoms with Crippen molar-refractivity contribution in [2.45, 2.75) is 13.0 Å². The second-order valence-electron chi connectivity index (χ2n) is 4.72. The molecule has 2 aromatic heterocycles. The van der Waals surface area contributed by atoms with E-state index in [4.69, 9.17) is 0 Å². The van der Waals surface area contributed by atoms with Gasteiger partial charge < -0.3 is 5.32 Å². The number of benzene rings is 1. The summed E-state index contributed by atoms with van der Waals surface area (Å²) in [4.78, 5) is 8.66. The maximum absolute atomic E-state index is 4.47. The number of nitrogens with zero attached hydrogens (tertiary/aromatic N) is 4. The lowest BCUT2D eigenvalue weighted by molar-refractivity contribution is 0.615. The van der Waals surface area contributed by atoms with Crippen molar-refractivity contribution in [3.8, 4) is 0 Å². The first-order valence-electron chi connectivity index (χ1n) is 6.71. The van der Waals surface area contributed by atoms with Gasteiger partial charge in [-0.1, -0.05) is 24.3 Å². The highest BCUT2D eigenvalue weighted by molar-refractivity contribution is 5.81. The van der Waals surface area contributed by atoms with Gasteiger partial charge in [0.15, 0.2) is 0 Å². The van der Waals surface area contributed by atoms with Gasteiger partial charge in [-0.2, -0.15) is 5.10 Å². The molecule has 1 N–H and O–H groups in total. The Balaban J connectivity index is 1.62. The molecule has 102 valence electrons. The zero-order chi connectivity index (χ0) is 13.8. The quantitative estimate of drug-likeness (QED) is 0.715. The first-order valence-corrected chi connectivity index (χ1v) is 6.71. The highest BCUT2D eigenvalue weighted by Gasteiger charge is 2.02. The largest absolute Gasteiger partial charge is 0.310 e. The molecule has 5 nitrogen and oxygen atoms in total. The number of fused-ring (bicyclic) bond motifs is 1. The van der Waals surface area contributed by atoms with E-state index in [2.05, 4.69) is 44.6 Å². The summed E-state index contributed by atoms with van der Waals surface area (Å²) >= 11 is 0. The van der Waals surface area contributed by atoms with Gasteiger partial charge in [-0.15, -0.1) is 0 Å². The van der Waals surface area contributed by atoms with Crippen LogP contribution in [-0.4, -0.2) is 26.3 Å². The van der Waals surface area contributed by atoms with E-state index in [1.54, 1.807) is 11.0 Å². The average molecular weight is 267 g/mol. The summed E-state index contributed by atoms with van der Waals surface area (Å²) in [5.41, 5.74) is 2.36. The Hall–Kier alpha value is -2.27. The second kappa shape index (κ2) is 5.79. The molecular weight excluding hydrogens is 250 g/mol. The minimum Gasteiger partial charge on any atom is -0.310 e. The Labute approximate surface area is 117 Å². The molecule has 0 bridgehead atoms. The zero-order valence-electron chi connectivity index (χ0n) is 11.5.